The summed E-state index contributed by atoms with van der Waals surface area (Å²) in [6.07, 6.45) is 0. The summed E-state index contributed by atoms with van der Waals surface area (Å²) in [7, 11) is 0. The van der Waals surface area contributed by atoms with E-state index >= 15 is 0 Å². The van der Waals surface area contributed by atoms with Gasteiger partial charge in [-0.15, -0.1) is 10.2 Å². The Kier molecular flexibility index (Phi) is 2.84. The number of hydrogen-bond donors (Lipinski definition) is 1. The largest absolute Gasteiger partial charge is 0.382 e. The van der Waals surface area contributed by atoms with E-state index in [-0.39, 0.29) is 0 Å². The number of hydrogen-bond acceptors (Lipinski definition) is 3. The Hall–Kier alpha value is -1.90. The molecule has 2 rings (SSSR count). The van der Waals surface area contributed by atoms with Gasteiger partial charge in [-0.2, -0.15) is 0 Å². The smallest absolute Gasteiger partial charge is 0.149 e. The van der Waals surface area contributed by atoms with Crippen LogP contribution in [-0.2, 0) is 0 Å². The average Bonchev–Trinajstić information content (AvgIpc) is 2.28. The van der Waals surface area contributed by atoms with Gasteiger partial charge in [-0.1, -0.05) is 23.8 Å². The molecule has 0 fully saturated rings. The van der Waals surface area contributed by atoms with Gasteiger partial charge >= 0.3 is 0 Å². The van der Waals surface area contributed by atoms with Crippen LogP contribution < -0.4 is 5.73 Å². The normalized spacial score (nSPS) is 10.6. The van der Waals surface area contributed by atoms with Gasteiger partial charge < -0.3 is 5.73 Å². The van der Waals surface area contributed by atoms with Crippen LogP contribution in [0.15, 0.2) is 18.2 Å². The molecule has 0 unspecified atom stereocenters. The molecule has 0 radical (unpaired) electrons. The highest BCUT2D eigenvalue weighted by molar-refractivity contribution is 5.69. The molecule has 2 aromatic rings. The third-order valence-corrected chi connectivity index (χ3v) is 3.20. The van der Waals surface area contributed by atoms with Crippen molar-refractivity contribution in [3.8, 4) is 11.3 Å². The third-order valence-electron chi connectivity index (χ3n) is 3.20. The molecule has 17 heavy (non-hydrogen) atoms. The lowest BCUT2D eigenvalue weighted by molar-refractivity contribution is 1.01. The van der Waals surface area contributed by atoms with E-state index in [1.54, 1.807) is 0 Å². The Bertz CT molecular complexity index is 574. The number of aryl methyl sites for hydroxylation is 2. The molecule has 1 heterocycles. The second-order valence-electron chi connectivity index (χ2n) is 4.50. The zero-order chi connectivity index (χ0) is 12.6. The monoisotopic (exact) mass is 227 g/mol. The zero-order valence-electron chi connectivity index (χ0n) is 10.7. The van der Waals surface area contributed by atoms with E-state index < -0.39 is 0 Å². The van der Waals surface area contributed by atoms with Gasteiger partial charge in [-0.25, -0.2) is 0 Å². The summed E-state index contributed by atoms with van der Waals surface area (Å²) in [6.45, 7) is 8.19. The fraction of sp³-hybridized carbons (Fsp3) is 0.286. The Labute approximate surface area is 102 Å². The first-order valence-electron chi connectivity index (χ1n) is 5.67. The molecule has 0 aliphatic heterocycles. The van der Waals surface area contributed by atoms with E-state index in [2.05, 4.69) is 42.2 Å². The maximum absolute atomic E-state index is 5.76. The van der Waals surface area contributed by atoms with E-state index in [1.165, 1.54) is 11.1 Å². The maximum Gasteiger partial charge on any atom is 0.149 e. The fourth-order valence-corrected chi connectivity index (χ4v) is 1.96. The molecule has 3 nitrogen and oxygen atoms in total. The summed E-state index contributed by atoms with van der Waals surface area (Å²) in [4.78, 5) is 0. The van der Waals surface area contributed by atoms with E-state index in [4.69, 9.17) is 5.73 Å². The van der Waals surface area contributed by atoms with Crippen LogP contribution in [0.3, 0.4) is 0 Å². The van der Waals surface area contributed by atoms with Gasteiger partial charge in [0, 0.05) is 5.56 Å². The molecule has 0 aliphatic carbocycles. The van der Waals surface area contributed by atoms with E-state index in [0.29, 0.717) is 5.82 Å². The first-order valence-corrected chi connectivity index (χ1v) is 5.67. The highest BCUT2D eigenvalue weighted by atomic mass is 15.1. The minimum Gasteiger partial charge on any atom is -0.382 e. The first kappa shape index (κ1) is 11.6. The van der Waals surface area contributed by atoms with Gasteiger partial charge in [0.05, 0.1) is 5.69 Å². The quantitative estimate of drug-likeness (QED) is 0.814. The number of nitrogens with zero attached hydrogens (tertiary/aromatic N) is 2. The van der Waals surface area contributed by atoms with Gasteiger partial charge in [-0.05, 0) is 44.4 Å². The van der Waals surface area contributed by atoms with E-state index in [9.17, 15) is 0 Å². The topological polar surface area (TPSA) is 51.8 Å². The molecule has 0 amide bonds. The predicted octanol–water partition coefficient (Wildman–Crippen LogP) is 2.96. The zero-order valence-corrected chi connectivity index (χ0v) is 10.7. The van der Waals surface area contributed by atoms with Crippen LogP contribution in [0.25, 0.3) is 11.3 Å². The maximum atomic E-state index is 5.76. The van der Waals surface area contributed by atoms with Crippen LogP contribution >= 0.6 is 0 Å². The molecule has 0 atom stereocenters. The van der Waals surface area contributed by atoms with Crippen molar-refractivity contribution in [3.05, 3.63) is 40.5 Å². The average molecular weight is 227 g/mol. The lowest BCUT2D eigenvalue weighted by Gasteiger charge is -2.11. The van der Waals surface area contributed by atoms with Gasteiger partial charge in [0.2, 0.25) is 0 Å². The summed E-state index contributed by atoms with van der Waals surface area (Å²) < 4.78 is 0. The molecule has 88 valence electrons. The van der Waals surface area contributed by atoms with Crippen LogP contribution in [0.2, 0.25) is 0 Å². The van der Waals surface area contributed by atoms with Gasteiger partial charge in [0.15, 0.2) is 0 Å². The molecule has 1 aromatic carbocycles. The summed E-state index contributed by atoms with van der Waals surface area (Å²) in [5, 5.41) is 8.23. The second kappa shape index (κ2) is 4.17. The SMILES string of the molecule is Cc1ccc(-c2nnc(N)c(C)c2C)c(C)c1. The molecule has 0 spiro atoms. The van der Waals surface area contributed by atoms with Crippen molar-refractivity contribution in [2.45, 2.75) is 27.7 Å². The molecule has 0 aliphatic rings. The lowest BCUT2D eigenvalue weighted by atomic mass is 9.98. The molecule has 0 saturated heterocycles. The summed E-state index contributed by atoms with van der Waals surface area (Å²) >= 11 is 0. The number of anilines is 1. The molecule has 0 bridgehead atoms. The van der Waals surface area contributed by atoms with Crippen molar-refractivity contribution in [1.29, 1.82) is 0 Å². The second-order valence-corrected chi connectivity index (χ2v) is 4.50. The summed E-state index contributed by atoms with van der Waals surface area (Å²) in [5.41, 5.74) is 12.4. The first-order chi connectivity index (χ1) is 8.00. The Balaban J connectivity index is 2.65. The van der Waals surface area contributed by atoms with Crippen LogP contribution in [0.1, 0.15) is 22.3 Å². The van der Waals surface area contributed by atoms with Crippen molar-refractivity contribution < 1.29 is 0 Å². The molecule has 3 heteroatoms. The van der Waals surface area contributed by atoms with Crippen molar-refractivity contribution in [3.63, 3.8) is 0 Å². The molecule has 2 N–H and O–H groups in total. The lowest BCUT2D eigenvalue weighted by Crippen LogP contribution is -2.02. The molecule has 1 aromatic heterocycles. The number of aromatic nitrogens is 2. The van der Waals surface area contributed by atoms with Crippen molar-refractivity contribution in [1.82, 2.24) is 10.2 Å². The Morgan fingerprint density at radius 1 is 0.941 bits per heavy atom. The van der Waals surface area contributed by atoms with Crippen molar-refractivity contribution in [2.24, 2.45) is 0 Å². The van der Waals surface area contributed by atoms with Crippen molar-refractivity contribution in [2.75, 3.05) is 5.73 Å². The van der Waals surface area contributed by atoms with E-state index in [1.807, 2.05) is 13.8 Å². The van der Waals surface area contributed by atoms with Gasteiger partial charge in [0.1, 0.15) is 5.82 Å². The number of nitrogen functional groups attached to an aromatic ring is 1. The number of benzene rings is 1. The van der Waals surface area contributed by atoms with Crippen LogP contribution in [0.4, 0.5) is 5.82 Å². The Morgan fingerprint density at radius 3 is 2.29 bits per heavy atom. The highest BCUT2D eigenvalue weighted by Gasteiger charge is 2.11. The Morgan fingerprint density at radius 2 is 1.65 bits per heavy atom. The number of nitrogens with two attached hydrogens (primary N) is 1. The van der Waals surface area contributed by atoms with Crippen LogP contribution in [0, 0.1) is 27.7 Å². The minimum atomic E-state index is 0.510. The predicted molar refractivity (Wildman–Crippen MR) is 70.8 cm³/mol. The minimum absolute atomic E-state index is 0.510. The summed E-state index contributed by atoms with van der Waals surface area (Å²) in [6, 6.07) is 6.34. The van der Waals surface area contributed by atoms with E-state index in [0.717, 1.165) is 22.4 Å². The van der Waals surface area contributed by atoms with Crippen LogP contribution in [-0.4, -0.2) is 10.2 Å². The van der Waals surface area contributed by atoms with Crippen molar-refractivity contribution >= 4 is 5.82 Å². The fourth-order valence-electron chi connectivity index (χ4n) is 1.96. The standard InChI is InChI=1S/C14H17N3/c1-8-5-6-12(9(2)7-8)13-10(3)11(4)14(15)17-16-13/h5-7H,1-4H3,(H2,15,17). The number of rotatable bonds is 1. The molecular weight excluding hydrogens is 210 g/mol. The molecule has 0 saturated carbocycles. The van der Waals surface area contributed by atoms with Gasteiger partial charge in [0.25, 0.3) is 0 Å². The van der Waals surface area contributed by atoms with Gasteiger partial charge in [-0.3, -0.25) is 0 Å². The third kappa shape index (κ3) is 2.00. The molecular formula is C14H17N3. The highest BCUT2D eigenvalue weighted by Crippen LogP contribution is 2.27. The summed E-state index contributed by atoms with van der Waals surface area (Å²) in [5.74, 6) is 0.510. The van der Waals surface area contributed by atoms with Crippen LogP contribution in [0.5, 0.6) is 0 Å².